The van der Waals surface area contributed by atoms with Crippen LogP contribution in [0.25, 0.3) is 11.0 Å². The molecule has 0 amide bonds. The number of benzene rings is 2. The Kier molecular flexibility index (Phi) is 4.21. The maximum absolute atomic E-state index is 13.0. The molecular formula is C18H19N3O2. The maximum atomic E-state index is 13.0. The summed E-state index contributed by atoms with van der Waals surface area (Å²) in [6.45, 7) is 1.86. The number of aliphatic hydroxyl groups is 1. The highest BCUT2D eigenvalue weighted by atomic mass is 16.3. The van der Waals surface area contributed by atoms with E-state index in [1.807, 2.05) is 61.5 Å². The first-order valence-corrected chi connectivity index (χ1v) is 7.68. The molecule has 1 atom stereocenters. The van der Waals surface area contributed by atoms with Crippen LogP contribution in [0.5, 0.6) is 0 Å². The third-order valence-corrected chi connectivity index (χ3v) is 4.22. The Balaban J connectivity index is 2.17. The van der Waals surface area contributed by atoms with E-state index in [2.05, 4.69) is 10.3 Å². The number of hydrogen-bond acceptors (Lipinski definition) is 4. The number of aromatic nitrogens is 3. The van der Waals surface area contributed by atoms with E-state index in [1.54, 1.807) is 4.68 Å². The lowest BCUT2D eigenvalue weighted by Crippen LogP contribution is -2.41. The fourth-order valence-electron chi connectivity index (χ4n) is 2.85. The van der Waals surface area contributed by atoms with Crippen molar-refractivity contribution in [2.45, 2.75) is 25.3 Å². The van der Waals surface area contributed by atoms with E-state index in [-0.39, 0.29) is 18.8 Å². The Morgan fingerprint density at radius 1 is 1.13 bits per heavy atom. The van der Waals surface area contributed by atoms with Gasteiger partial charge < -0.3 is 5.11 Å². The predicted molar refractivity (Wildman–Crippen MR) is 88.0 cm³/mol. The summed E-state index contributed by atoms with van der Waals surface area (Å²) in [6, 6.07) is 17.2. The molecule has 0 saturated carbocycles. The molecule has 0 fully saturated rings. The van der Waals surface area contributed by atoms with Crippen LogP contribution < -0.4 is 0 Å². The number of rotatable bonds is 6. The van der Waals surface area contributed by atoms with Crippen LogP contribution in [-0.2, 0) is 10.3 Å². The summed E-state index contributed by atoms with van der Waals surface area (Å²) in [5.74, 6) is 0.00778. The van der Waals surface area contributed by atoms with Crippen LogP contribution in [0.1, 0.15) is 25.3 Å². The van der Waals surface area contributed by atoms with Crippen molar-refractivity contribution in [3.05, 3.63) is 60.2 Å². The SMILES string of the molecule is CC(C(=O)CCCO)(c1ccccc1)n1nnc2ccccc21. The Bertz CT molecular complexity index is 813. The van der Waals surface area contributed by atoms with Crippen LogP contribution in [0.2, 0.25) is 0 Å². The van der Waals surface area contributed by atoms with Gasteiger partial charge in [0.1, 0.15) is 11.1 Å². The zero-order valence-corrected chi connectivity index (χ0v) is 13.0. The lowest BCUT2D eigenvalue weighted by atomic mass is 9.85. The van der Waals surface area contributed by atoms with Crippen molar-refractivity contribution >= 4 is 16.8 Å². The normalized spacial score (nSPS) is 13.8. The summed E-state index contributed by atoms with van der Waals surface area (Å²) in [5.41, 5.74) is 1.48. The highest BCUT2D eigenvalue weighted by Crippen LogP contribution is 2.31. The third kappa shape index (κ3) is 2.64. The van der Waals surface area contributed by atoms with Gasteiger partial charge in [-0.15, -0.1) is 5.10 Å². The van der Waals surface area contributed by atoms with Crippen LogP contribution in [0.3, 0.4) is 0 Å². The first-order valence-electron chi connectivity index (χ1n) is 7.68. The molecule has 0 saturated heterocycles. The molecule has 1 N–H and O–H groups in total. The smallest absolute Gasteiger partial charge is 0.164 e. The zero-order chi connectivity index (χ0) is 16.3. The Hall–Kier alpha value is -2.53. The lowest BCUT2D eigenvalue weighted by Gasteiger charge is -2.29. The average molecular weight is 309 g/mol. The average Bonchev–Trinajstić information content (AvgIpc) is 3.04. The van der Waals surface area contributed by atoms with Gasteiger partial charge in [-0.05, 0) is 31.0 Å². The number of para-hydroxylation sites is 1. The van der Waals surface area contributed by atoms with Gasteiger partial charge in [-0.25, -0.2) is 4.68 Å². The summed E-state index contributed by atoms with van der Waals surface area (Å²) in [7, 11) is 0. The topological polar surface area (TPSA) is 68.0 Å². The van der Waals surface area contributed by atoms with Crippen molar-refractivity contribution in [3.8, 4) is 0 Å². The Labute approximate surface area is 134 Å². The summed E-state index contributed by atoms with van der Waals surface area (Å²) in [5, 5.41) is 17.5. The molecule has 2 aromatic carbocycles. The standard InChI is InChI=1S/C18H19N3O2/c1-18(17(23)12-7-13-22,14-8-3-2-4-9-14)21-16-11-6-5-10-15(16)19-20-21/h2-6,8-11,22H,7,12-13H2,1H3. The summed E-state index contributed by atoms with van der Waals surface area (Å²) in [6.07, 6.45) is 0.726. The largest absolute Gasteiger partial charge is 0.396 e. The molecule has 0 aliphatic heterocycles. The second-order valence-corrected chi connectivity index (χ2v) is 5.68. The maximum Gasteiger partial charge on any atom is 0.164 e. The second-order valence-electron chi connectivity index (χ2n) is 5.68. The van der Waals surface area contributed by atoms with Gasteiger partial charge in [-0.3, -0.25) is 4.79 Å². The molecule has 1 aromatic heterocycles. The van der Waals surface area contributed by atoms with Crippen LogP contribution in [0, 0.1) is 0 Å². The molecular weight excluding hydrogens is 290 g/mol. The van der Waals surface area contributed by atoms with Gasteiger partial charge in [0.05, 0.1) is 5.52 Å². The number of ketones is 1. The molecule has 0 bridgehead atoms. The van der Waals surface area contributed by atoms with Crippen molar-refractivity contribution in [3.63, 3.8) is 0 Å². The van der Waals surface area contributed by atoms with Crippen LogP contribution >= 0.6 is 0 Å². The molecule has 3 rings (SSSR count). The molecule has 3 aromatic rings. The van der Waals surface area contributed by atoms with Gasteiger partial charge in [0.2, 0.25) is 0 Å². The molecule has 0 spiro atoms. The molecule has 0 radical (unpaired) electrons. The van der Waals surface area contributed by atoms with Crippen LogP contribution in [-0.4, -0.2) is 32.5 Å². The second kappa shape index (κ2) is 6.30. The van der Waals surface area contributed by atoms with E-state index in [0.717, 1.165) is 16.6 Å². The van der Waals surface area contributed by atoms with Crippen molar-refractivity contribution in [2.75, 3.05) is 6.61 Å². The van der Waals surface area contributed by atoms with Crippen molar-refractivity contribution in [1.29, 1.82) is 0 Å². The Morgan fingerprint density at radius 3 is 2.57 bits per heavy atom. The van der Waals surface area contributed by atoms with Gasteiger partial charge >= 0.3 is 0 Å². The molecule has 0 aliphatic rings. The van der Waals surface area contributed by atoms with Gasteiger partial charge in [-0.2, -0.15) is 0 Å². The number of Topliss-reactive ketones (excluding diaryl/α,β-unsaturated/α-hetero) is 1. The fraction of sp³-hybridized carbons (Fsp3) is 0.278. The first kappa shape index (κ1) is 15.4. The van der Waals surface area contributed by atoms with Crippen molar-refractivity contribution < 1.29 is 9.90 Å². The summed E-state index contributed by atoms with van der Waals surface area (Å²) in [4.78, 5) is 13.0. The monoisotopic (exact) mass is 309 g/mol. The number of fused-ring (bicyclic) bond motifs is 1. The number of nitrogens with zero attached hydrogens (tertiary/aromatic N) is 3. The number of carbonyl (C=O) groups excluding carboxylic acids is 1. The molecule has 1 unspecified atom stereocenters. The number of aliphatic hydroxyl groups excluding tert-OH is 1. The highest BCUT2D eigenvalue weighted by molar-refractivity contribution is 5.91. The minimum absolute atomic E-state index is 0.00524. The molecule has 23 heavy (non-hydrogen) atoms. The van der Waals surface area contributed by atoms with E-state index in [0.29, 0.717) is 6.42 Å². The minimum atomic E-state index is -0.952. The number of carbonyl (C=O) groups is 1. The van der Waals surface area contributed by atoms with Crippen molar-refractivity contribution in [1.82, 2.24) is 15.0 Å². The lowest BCUT2D eigenvalue weighted by molar-refractivity contribution is -0.125. The fourth-order valence-corrected chi connectivity index (χ4v) is 2.85. The van der Waals surface area contributed by atoms with E-state index >= 15 is 0 Å². The first-order chi connectivity index (χ1) is 11.2. The molecule has 118 valence electrons. The zero-order valence-electron chi connectivity index (χ0n) is 13.0. The molecule has 5 heteroatoms. The summed E-state index contributed by atoms with van der Waals surface area (Å²) < 4.78 is 1.69. The van der Waals surface area contributed by atoms with E-state index in [1.165, 1.54) is 0 Å². The quantitative estimate of drug-likeness (QED) is 0.760. The van der Waals surface area contributed by atoms with Gasteiger partial charge in [0, 0.05) is 13.0 Å². The minimum Gasteiger partial charge on any atom is -0.396 e. The van der Waals surface area contributed by atoms with E-state index in [9.17, 15) is 4.79 Å². The molecule has 1 heterocycles. The Morgan fingerprint density at radius 2 is 1.83 bits per heavy atom. The van der Waals surface area contributed by atoms with E-state index in [4.69, 9.17) is 5.11 Å². The van der Waals surface area contributed by atoms with Gasteiger partial charge in [0.15, 0.2) is 5.78 Å². The van der Waals surface area contributed by atoms with E-state index < -0.39 is 5.54 Å². The third-order valence-electron chi connectivity index (χ3n) is 4.22. The predicted octanol–water partition coefficient (Wildman–Crippen LogP) is 2.54. The highest BCUT2D eigenvalue weighted by Gasteiger charge is 2.38. The van der Waals surface area contributed by atoms with Gasteiger partial charge in [-0.1, -0.05) is 47.7 Å². The summed E-state index contributed by atoms with van der Waals surface area (Å²) >= 11 is 0. The van der Waals surface area contributed by atoms with Crippen LogP contribution in [0.15, 0.2) is 54.6 Å². The van der Waals surface area contributed by atoms with Gasteiger partial charge in [0.25, 0.3) is 0 Å². The molecule has 0 aliphatic carbocycles. The number of hydrogen-bond donors (Lipinski definition) is 1. The van der Waals surface area contributed by atoms with Crippen molar-refractivity contribution in [2.24, 2.45) is 0 Å². The van der Waals surface area contributed by atoms with Crippen LogP contribution in [0.4, 0.5) is 0 Å². The molecule has 5 nitrogen and oxygen atoms in total.